The fourth-order valence-electron chi connectivity index (χ4n) is 5.90. The molecule has 4 nitrogen and oxygen atoms in total. The minimum Gasteiger partial charge on any atom is -0.456 e. The number of halogens is 1. The summed E-state index contributed by atoms with van der Waals surface area (Å²) in [4.78, 5) is 24.2. The molecular weight excluding hydrogens is 333 g/mol. The van der Waals surface area contributed by atoms with Crippen LogP contribution >= 0.6 is 0 Å². The van der Waals surface area contributed by atoms with Gasteiger partial charge in [0.2, 0.25) is 0 Å². The minimum atomic E-state index is -0.396. The lowest BCUT2D eigenvalue weighted by Crippen LogP contribution is -2.47. The zero-order chi connectivity index (χ0) is 18.1. The molecule has 1 amide bonds. The number of carbonyl (C=O) groups excluding carboxylic acids is 2. The number of hydrogen-bond donors (Lipinski definition) is 1. The number of hydrogen-bond acceptors (Lipinski definition) is 3. The third kappa shape index (κ3) is 3.76. The van der Waals surface area contributed by atoms with Gasteiger partial charge in [-0.1, -0.05) is 18.2 Å². The van der Waals surface area contributed by atoms with Gasteiger partial charge in [0.1, 0.15) is 5.82 Å². The van der Waals surface area contributed by atoms with E-state index in [0.717, 1.165) is 37.0 Å². The van der Waals surface area contributed by atoms with Gasteiger partial charge < -0.3 is 10.1 Å². The molecule has 4 aliphatic rings. The van der Waals surface area contributed by atoms with Crippen LogP contribution in [0, 0.1) is 29.0 Å². The van der Waals surface area contributed by atoms with Crippen molar-refractivity contribution in [1.29, 1.82) is 0 Å². The summed E-state index contributed by atoms with van der Waals surface area (Å²) < 4.78 is 18.7. The molecule has 1 aromatic carbocycles. The molecule has 0 radical (unpaired) electrons. The van der Waals surface area contributed by atoms with Gasteiger partial charge in [0.25, 0.3) is 5.91 Å². The van der Waals surface area contributed by atoms with Crippen LogP contribution in [0.5, 0.6) is 0 Å². The number of benzene rings is 1. The first kappa shape index (κ1) is 17.5. The number of ether oxygens (including phenoxy) is 1. The van der Waals surface area contributed by atoms with Crippen LogP contribution in [0.3, 0.4) is 0 Å². The van der Waals surface area contributed by atoms with Crippen LogP contribution < -0.4 is 5.32 Å². The summed E-state index contributed by atoms with van der Waals surface area (Å²) in [7, 11) is 0. The van der Waals surface area contributed by atoms with Gasteiger partial charge in [-0.15, -0.1) is 0 Å². The molecule has 0 aliphatic heterocycles. The van der Waals surface area contributed by atoms with E-state index in [1.807, 2.05) is 0 Å². The van der Waals surface area contributed by atoms with Crippen LogP contribution in [0.1, 0.15) is 50.5 Å². The maximum absolute atomic E-state index is 13.5. The van der Waals surface area contributed by atoms with Gasteiger partial charge >= 0.3 is 5.97 Å². The zero-order valence-electron chi connectivity index (χ0n) is 15.0. The van der Waals surface area contributed by atoms with Crippen LogP contribution in [0.2, 0.25) is 0 Å². The Morgan fingerprint density at radius 1 is 1.08 bits per heavy atom. The Hall–Kier alpha value is -1.91. The smallest absolute Gasteiger partial charge is 0.306 e. The molecule has 0 atom stereocenters. The molecule has 1 N–H and O–H groups in total. The third-order valence-corrected chi connectivity index (χ3v) is 6.48. The van der Waals surface area contributed by atoms with Crippen molar-refractivity contribution in [1.82, 2.24) is 5.32 Å². The Kier molecular flexibility index (Phi) is 4.72. The van der Waals surface area contributed by atoms with E-state index < -0.39 is 5.91 Å². The van der Waals surface area contributed by atoms with Crippen molar-refractivity contribution in [2.24, 2.45) is 23.2 Å². The quantitative estimate of drug-likeness (QED) is 0.790. The Morgan fingerprint density at radius 3 is 2.31 bits per heavy atom. The third-order valence-electron chi connectivity index (χ3n) is 6.48. The van der Waals surface area contributed by atoms with Crippen molar-refractivity contribution in [3.05, 3.63) is 35.6 Å². The number of nitrogens with one attached hydrogen (secondary N) is 1. The molecule has 5 heteroatoms. The van der Waals surface area contributed by atoms with Crippen molar-refractivity contribution >= 4 is 11.9 Å². The second-order valence-corrected chi connectivity index (χ2v) is 8.62. The van der Waals surface area contributed by atoms with E-state index in [2.05, 4.69) is 5.32 Å². The van der Waals surface area contributed by atoms with E-state index in [9.17, 15) is 14.0 Å². The maximum Gasteiger partial charge on any atom is 0.306 e. The molecule has 5 rings (SSSR count). The summed E-state index contributed by atoms with van der Waals surface area (Å²) in [6.45, 7) is -0.197. The van der Waals surface area contributed by atoms with Crippen LogP contribution in [0.15, 0.2) is 24.3 Å². The normalized spacial score (nSPS) is 31.7. The van der Waals surface area contributed by atoms with Crippen LogP contribution in [-0.4, -0.2) is 18.5 Å². The van der Waals surface area contributed by atoms with Crippen LogP contribution in [0.4, 0.5) is 4.39 Å². The number of carbonyl (C=O) groups is 2. The molecule has 0 unspecified atom stereocenters. The Morgan fingerprint density at radius 2 is 1.69 bits per heavy atom. The number of rotatable bonds is 6. The summed E-state index contributed by atoms with van der Waals surface area (Å²) in [5, 5.41) is 2.60. The molecule has 4 bridgehead atoms. The average Bonchev–Trinajstić information content (AvgIpc) is 2.57. The molecule has 0 spiro atoms. The largest absolute Gasteiger partial charge is 0.456 e. The van der Waals surface area contributed by atoms with Gasteiger partial charge in [0, 0.05) is 12.1 Å². The van der Waals surface area contributed by atoms with Crippen molar-refractivity contribution in [2.45, 2.75) is 51.5 Å². The molecular formula is C21H26FNO3. The summed E-state index contributed by atoms with van der Waals surface area (Å²) in [5.41, 5.74) is 0.538. The highest BCUT2D eigenvalue weighted by Gasteiger charge is 2.51. The fraction of sp³-hybridized carbons (Fsp3) is 0.619. The standard InChI is InChI=1S/C21H26FNO3/c22-18-4-2-1-3-17(18)12-23-19(24)13-26-20(25)11-21-8-14-5-15(9-21)7-16(6-14)10-21/h1-4,14-16H,5-13H2,(H,23,24). The summed E-state index contributed by atoms with van der Waals surface area (Å²) in [6, 6.07) is 6.30. The fourth-order valence-corrected chi connectivity index (χ4v) is 5.90. The Balaban J connectivity index is 1.23. The lowest BCUT2D eigenvalue weighted by atomic mass is 9.49. The first-order chi connectivity index (χ1) is 12.5. The summed E-state index contributed by atoms with van der Waals surface area (Å²) in [6.07, 6.45) is 7.90. The van der Waals surface area contributed by atoms with Crippen molar-refractivity contribution in [3.63, 3.8) is 0 Å². The highest BCUT2D eigenvalue weighted by atomic mass is 19.1. The molecule has 4 aliphatic carbocycles. The van der Waals surface area contributed by atoms with E-state index in [-0.39, 0.29) is 30.4 Å². The predicted octanol–water partition coefficient (Wildman–Crippen LogP) is 3.59. The number of esters is 1. The first-order valence-electron chi connectivity index (χ1n) is 9.67. The average molecular weight is 359 g/mol. The first-order valence-corrected chi connectivity index (χ1v) is 9.67. The molecule has 1 aromatic rings. The zero-order valence-corrected chi connectivity index (χ0v) is 15.0. The van der Waals surface area contributed by atoms with Gasteiger partial charge in [-0.25, -0.2) is 4.39 Å². The SMILES string of the molecule is O=C(COC(=O)CC12CC3CC(CC(C3)C1)C2)NCc1ccccc1F. The summed E-state index contributed by atoms with van der Waals surface area (Å²) >= 11 is 0. The second kappa shape index (κ2) is 7.01. The highest BCUT2D eigenvalue weighted by molar-refractivity contribution is 5.80. The van der Waals surface area contributed by atoms with Gasteiger partial charge in [-0.2, -0.15) is 0 Å². The predicted molar refractivity (Wildman–Crippen MR) is 94.4 cm³/mol. The highest BCUT2D eigenvalue weighted by Crippen LogP contribution is 2.61. The van der Waals surface area contributed by atoms with Gasteiger partial charge in [0.05, 0.1) is 6.42 Å². The van der Waals surface area contributed by atoms with Crippen LogP contribution in [0.25, 0.3) is 0 Å². The molecule has 0 heterocycles. The lowest BCUT2D eigenvalue weighted by molar-refractivity contribution is -0.155. The van der Waals surface area contributed by atoms with E-state index in [1.54, 1.807) is 18.2 Å². The molecule has 4 fully saturated rings. The number of amides is 1. The monoisotopic (exact) mass is 359 g/mol. The molecule has 4 saturated carbocycles. The Labute approximate surface area is 153 Å². The summed E-state index contributed by atoms with van der Waals surface area (Å²) in [5.74, 6) is 1.35. The Bertz CT molecular complexity index is 667. The van der Waals surface area contributed by atoms with Gasteiger partial charge in [-0.05, 0) is 67.8 Å². The van der Waals surface area contributed by atoms with Gasteiger partial charge in [0.15, 0.2) is 6.61 Å². The van der Waals surface area contributed by atoms with E-state index in [0.29, 0.717) is 12.0 Å². The minimum absolute atomic E-state index is 0.0953. The van der Waals surface area contributed by atoms with Crippen molar-refractivity contribution in [3.8, 4) is 0 Å². The van der Waals surface area contributed by atoms with Gasteiger partial charge in [-0.3, -0.25) is 9.59 Å². The molecule has 140 valence electrons. The van der Waals surface area contributed by atoms with E-state index >= 15 is 0 Å². The second-order valence-electron chi connectivity index (χ2n) is 8.62. The van der Waals surface area contributed by atoms with E-state index in [4.69, 9.17) is 4.74 Å². The van der Waals surface area contributed by atoms with Crippen molar-refractivity contribution < 1.29 is 18.7 Å². The maximum atomic E-state index is 13.5. The van der Waals surface area contributed by atoms with Crippen molar-refractivity contribution in [2.75, 3.05) is 6.61 Å². The molecule has 0 aromatic heterocycles. The lowest BCUT2D eigenvalue weighted by Gasteiger charge is -2.56. The molecule has 0 saturated heterocycles. The molecule has 26 heavy (non-hydrogen) atoms. The van der Waals surface area contributed by atoms with Crippen LogP contribution in [-0.2, 0) is 20.9 Å². The topological polar surface area (TPSA) is 55.4 Å². The van der Waals surface area contributed by atoms with E-state index in [1.165, 1.54) is 25.3 Å².